The molecule has 2 rings (SSSR count). The number of hydrogen-bond acceptors (Lipinski definition) is 3. The Morgan fingerprint density at radius 2 is 1.48 bits per heavy atom. The summed E-state index contributed by atoms with van der Waals surface area (Å²) >= 11 is 0. The highest BCUT2D eigenvalue weighted by molar-refractivity contribution is 6.42. The Balaban J connectivity index is 2.32. The molecule has 0 aromatic carbocycles. The summed E-state index contributed by atoms with van der Waals surface area (Å²) in [5.41, 5.74) is -1.44. The molecule has 2 fully saturated rings. The highest BCUT2D eigenvalue weighted by Gasteiger charge is 2.53. The molecule has 1 unspecified atom stereocenters. The van der Waals surface area contributed by atoms with Crippen LogP contribution < -0.4 is 0 Å². The zero-order chi connectivity index (χ0) is 15.3. The lowest BCUT2D eigenvalue weighted by Gasteiger charge is -2.37. The number of carboxylic acids is 1. The van der Waals surface area contributed by atoms with Crippen LogP contribution in [0.5, 0.6) is 0 Å². The standard InChI is InChI=1S/C17H26O4/c18-14-11-7-4-8-12-17(15(14)19,16(20)21)13-9-5-2-1-3-6-10-13/h13H,1-12H2,(H,20,21). The van der Waals surface area contributed by atoms with Crippen LogP contribution in [0.1, 0.15) is 77.0 Å². The first-order valence-electron chi connectivity index (χ1n) is 8.40. The van der Waals surface area contributed by atoms with E-state index in [1.54, 1.807) is 0 Å². The van der Waals surface area contributed by atoms with Gasteiger partial charge >= 0.3 is 5.97 Å². The Morgan fingerprint density at radius 3 is 2.10 bits per heavy atom. The van der Waals surface area contributed by atoms with Gasteiger partial charge in [0.2, 0.25) is 5.78 Å². The van der Waals surface area contributed by atoms with Crippen molar-refractivity contribution in [2.24, 2.45) is 11.3 Å². The molecule has 0 aromatic heterocycles. The first-order valence-corrected chi connectivity index (χ1v) is 8.40. The summed E-state index contributed by atoms with van der Waals surface area (Å²) < 4.78 is 0. The molecule has 0 bridgehead atoms. The lowest BCUT2D eigenvalue weighted by molar-refractivity contribution is -0.164. The molecule has 0 aliphatic heterocycles. The zero-order valence-electron chi connectivity index (χ0n) is 12.7. The predicted molar refractivity (Wildman–Crippen MR) is 79.0 cm³/mol. The zero-order valence-corrected chi connectivity index (χ0v) is 12.7. The van der Waals surface area contributed by atoms with Gasteiger partial charge in [0.05, 0.1) is 0 Å². The summed E-state index contributed by atoms with van der Waals surface area (Å²) in [7, 11) is 0. The van der Waals surface area contributed by atoms with Crippen LogP contribution in [0.4, 0.5) is 0 Å². The summed E-state index contributed by atoms with van der Waals surface area (Å²) in [5, 5.41) is 9.84. The summed E-state index contributed by atoms with van der Waals surface area (Å²) in [6, 6.07) is 0. The molecule has 0 aromatic rings. The van der Waals surface area contributed by atoms with Crippen molar-refractivity contribution in [3.63, 3.8) is 0 Å². The van der Waals surface area contributed by atoms with E-state index < -0.39 is 23.0 Å². The normalized spacial score (nSPS) is 30.1. The van der Waals surface area contributed by atoms with E-state index >= 15 is 0 Å². The van der Waals surface area contributed by atoms with Crippen LogP contribution in [0, 0.1) is 11.3 Å². The van der Waals surface area contributed by atoms with Crippen LogP contribution >= 0.6 is 0 Å². The number of carboxylic acid groups (broad SMARTS) is 1. The number of carbonyl (C=O) groups excluding carboxylic acids is 2. The Bertz CT molecular complexity index is 407. The Labute approximate surface area is 126 Å². The van der Waals surface area contributed by atoms with Crippen molar-refractivity contribution in [1.29, 1.82) is 0 Å². The molecule has 21 heavy (non-hydrogen) atoms. The number of aliphatic carboxylic acids is 1. The molecular weight excluding hydrogens is 268 g/mol. The van der Waals surface area contributed by atoms with Crippen LogP contribution in [-0.2, 0) is 14.4 Å². The van der Waals surface area contributed by atoms with Gasteiger partial charge in [-0.1, -0.05) is 44.9 Å². The molecule has 2 saturated carbocycles. The maximum absolute atomic E-state index is 12.6. The van der Waals surface area contributed by atoms with Crippen molar-refractivity contribution in [1.82, 2.24) is 0 Å². The van der Waals surface area contributed by atoms with Crippen LogP contribution in [-0.4, -0.2) is 22.6 Å². The molecule has 118 valence electrons. The second-order valence-electron chi connectivity index (χ2n) is 6.63. The number of carbonyl (C=O) groups is 3. The molecule has 0 radical (unpaired) electrons. The minimum absolute atomic E-state index is 0.162. The average molecular weight is 294 g/mol. The maximum atomic E-state index is 12.6. The highest BCUT2D eigenvalue weighted by atomic mass is 16.4. The SMILES string of the molecule is O=C1CCCCCC(C(=O)O)(C2CCCCCCC2)C1=O. The topological polar surface area (TPSA) is 71.4 Å². The molecule has 0 spiro atoms. The Kier molecular flexibility index (Phi) is 5.54. The van der Waals surface area contributed by atoms with E-state index in [0.29, 0.717) is 12.8 Å². The van der Waals surface area contributed by atoms with E-state index in [-0.39, 0.29) is 12.3 Å². The summed E-state index contributed by atoms with van der Waals surface area (Å²) in [6.45, 7) is 0. The van der Waals surface area contributed by atoms with Crippen molar-refractivity contribution < 1.29 is 19.5 Å². The first kappa shape index (κ1) is 16.2. The van der Waals surface area contributed by atoms with Gasteiger partial charge in [0, 0.05) is 6.42 Å². The molecule has 4 nitrogen and oxygen atoms in total. The van der Waals surface area contributed by atoms with E-state index in [0.717, 1.165) is 51.4 Å². The van der Waals surface area contributed by atoms with Crippen LogP contribution in [0.3, 0.4) is 0 Å². The fraction of sp³-hybridized carbons (Fsp3) is 0.824. The summed E-state index contributed by atoms with van der Waals surface area (Å²) in [5.74, 6) is -2.29. The molecule has 2 aliphatic carbocycles. The van der Waals surface area contributed by atoms with Crippen LogP contribution in [0.15, 0.2) is 0 Å². The fourth-order valence-corrected chi connectivity index (χ4v) is 4.06. The molecule has 0 amide bonds. The van der Waals surface area contributed by atoms with Crippen molar-refractivity contribution >= 4 is 17.5 Å². The Hall–Kier alpha value is -1.19. The van der Waals surface area contributed by atoms with Crippen LogP contribution in [0.2, 0.25) is 0 Å². The molecule has 1 atom stereocenters. The van der Waals surface area contributed by atoms with E-state index in [4.69, 9.17) is 0 Å². The van der Waals surface area contributed by atoms with Crippen molar-refractivity contribution in [3.8, 4) is 0 Å². The number of hydrogen-bond donors (Lipinski definition) is 1. The Morgan fingerprint density at radius 1 is 0.905 bits per heavy atom. The van der Waals surface area contributed by atoms with Gasteiger partial charge in [-0.3, -0.25) is 14.4 Å². The molecule has 0 heterocycles. The molecule has 2 aliphatic rings. The third-order valence-corrected chi connectivity index (χ3v) is 5.32. The number of ketones is 2. The average Bonchev–Trinajstić information content (AvgIpc) is 2.41. The third kappa shape index (κ3) is 3.35. The summed E-state index contributed by atoms with van der Waals surface area (Å²) in [6.07, 6.45) is 9.76. The quantitative estimate of drug-likeness (QED) is 0.625. The monoisotopic (exact) mass is 294 g/mol. The van der Waals surface area contributed by atoms with E-state index in [1.807, 2.05) is 0 Å². The van der Waals surface area contributed by atoms with Gasteiger partial charge in [0.25, 0.3) is 0 Å². The lowest BCUT2D eigenvalue weighted by atomic mass is 9.63. The number of rotatable bonds is 2. The van der Waals surface area contributed by atoms with Gasteiger partial charge in [-0.25, -0.2) is 0 Å². The smallest absolute Gasteiger partial charge is 0.317 e. The minimum Gasteiger partial charge on any atom is -0.480 e. The van der Waals surface area contributed by atoms with Gasteiger partial charge in [0.1, 0.15) is 5.41 Å². The fourth-order valence-electron chi connectivity index (χ4n) is 4.06. The van der Waals surface area contributed by atoms with E-state index in [1.165, 1.54) is 6.42 Å². The maximum Gasteiger partial charge on any atom is 0.317 e. The van der Waals surface area contributed by atoms with E-state index in [2.05, 4.69) is 0 Å². The lowest BCUT2D eigenvalue weighted by Crippen LogP contribution is -2.49. The second kappa shape index (κ2) is 7.19. The van der Waals surface area contributed by atoms with Gasteiger partial charge in [-0.2, -0.15) is 0 Å². The molecular formula is C17H26O4. The highest BCUT2D eigenvalue weighted by Crippen LogP contribution is 2.43. The minimum atomic E-state index is -1.44. The van der Waals surface area contributed by atoms with Crippen molar-refractivity contribution in [2.45, 2.75) is 77.0 Å². The largest absolute Gasteiger partial charge is 0.480 e. The number of Topliss-reactive ketones (excluding diaryl/α,β-unsaturated/α-hetero) is 2. The molecule has 1 N–H and O–H groups in total. The molecule has 4 heteroatoms. The van der Waals surface area contributed by atoms with Gasteiger partial charge < -0.3 is 5.11 Å². The second-order valence-corrected chi connectivity index (χ2v) is 6.63. The van der Waals surface area contributed by atoms with Gasteiger partial charge in [0.15, 0.2) is 5.78 Å². The van der Waals surface area contributed by atoms with Crippen molar-refractivity contribution in [3.05, 3.63) is 0 Å². The predicted octanol–water partition coefficient (Wildman–Crippen LogP) is 3.52. The summed E-state index contributed by atoms with van der Waals surface area (Å²) in [4.78, 5) is 36.7. The van der Waals surface area contributed by atoms with Gasteiger partial charge in [-0.05, 0) is 31.6 Å². The van der Waals surface area contributed by atoms with Crippen LogP contribution in [0.25, 0.3) is 0 Å². The van der Waals surface area contributed by atoms with Gasteiger partial charge in [-0.15, -0.1) is 0 Å². The third-order valence-electron chi connectivity index (χ3n) is 5.32. The first-order chi connectivity index (χ1) is 10.1. The molecule has 0 saturated heterocycles. The van der Waals surface area contributed by atoms with Crippen molar-refractivity contribution in [2.75, 3.05) is 0 Å². The van der Waals surface area contributed by atoms with E-state index in [9.17, 15) is 19.5 Å².